The van der Waals surface area contributed by atoms with Crippen molar-refractivity contribution in [3.05, 3.63) is 23.4 Å². The number of carbonyl (C=O) groups is 2. The van der Waals surface area contributed by atoms with Gasteiger partial charge in [-0.3, -0.25) is 9.59 Å². The number of nitrogens with one attached hydrogen (secondary N) is 1. The highest BCUT2D eigenvalue weighted by atomic mass is 79.9. The first-order chi connectivity index (χ1) is 14.3. The molecule has 2 heterocycles. The Hall–Kier alpha value is -1.14. The smallest absolute Gasteiger partial charge is 0.228 e. The summed E-state index contributed by atoms with van der Waals surface area (Å²) >= 11 is 9.90. The molecule has 4 aliphatic carbocycles. The number of anilines is 1. The van der Waals surface area contributed by atoms with Crippen molar-refractivity contribution < 1.29 is 9.59 Å². The number of nitrogens with zero attached hydrogens (tertiary/aromatic N) is 2. The molecule has 5 fully saturated rings. The molecular weight excluding hydrogens is 466 g/mol. The van der Waals surface area contributed by atoms with Crippen molar-refractivity contribution in [2.24, 2.45) is 23.2 Å². The molecule has 1 saturated heterocycles. The number of amides is 2. The first kappa shape index (κ1) is 20.7. The van der Waals surface area contributed by atoms with Gasteiger partial charge in [-0.1, -0.05) is 27.5 Å². The van der Waals surface area contributed by atoms with Crippen LogP contribution in [0.3, 0.4) is 0 Å². The van der Waals surface area contributed by atoms with Crippen LogP contribution in [-0.2, 0) is 9.59 Å². The van der Waals surface area contributed by atoms with Gasteiger partial charge in [0.25, 0.3) is 0 Å². The number of alkyl halides is 1. The zero-order chi connectivity index (χ0) is 20.9. The van der Waals surface area contributed by atoms with Gasteiger partial charge in [-0.05, 0) is 80.8 Å². The quantitative estimate of drug-likeness (QED) is 0.597. The number of pyridine rings is 1. The number of hydrogen-bond acceptors (Lipinski definition) is 3. The third-order valence-corrected chi connectivity index (χ3v) is 8.99. The second-order valence-electron chi connectivity index (χ2n) is 10.3. The van der Waals surface area contributed by atoms with E-state index in [2.05, 4.69) is 26.2 Å². The minimum atomic E-state index is -0.0723. The lowest BCUT2D eigenvalue weighted by Gasteiger charge is -2.60. The molecule has 7 heteroatoms. The monoisotopic (exact) mass is 493 g/mol. The van der Waals surface area contributed by atoms with Crippen molar-refractivity contribution in [3.63, 3.8) is 0 Å². The Morgan fingerprint density at radius 2 is 1.87 bits per heavy atom. The first-order valence-electron chi connectivity index (χ1n) is 11.2. The zero-order valence-electron chi connectivity index (χ0n) is 17.2. The molecule has 2 atom stereocenters. The number of carbonyl (C=O) groups excluding carboxylic acids is 2. The van der Waals surface area contributed by atoms with Gasteiger partial charge in [-0.25, -0.2) is 4.98 Å². The molecule has 1 N–H and O–H groups in total. The maximum absolute atomic E-state index is 13.2. The van der Waals surface area contributed by atoms with Gasteiger partial charge in [0.2, 0.25) is 11.8 Å². The van der Waals surface area contributed by atoms with E-state index in [1.54, 1.807) is 12.1 Å². The molecule has 4 saturated carbocycles. The number of likely N-dealkylation sites (tertiary alicyclic amines) is 1. The lowest BCUT2D eigenvalue weighted by Crippen LogP contribution is -2.54. The Labute approximate surface area is 191 Å². The fourth-order valence-electron chi connectivity index (χ4n) is 7.04. The van der Waals surface area contributed by atoms with Gasteiger partial charge in [0.05, 0.1) is 5.02 Å². The van der Waals surface area contributed by atoms with E-state index in [0.29, 0.717) is 49.1 Å². The molecule has 162 valence electrons. The second-order valence-corrected chi connectivity index (χ2v) is 12.4. The average Bonchev–Trinajstić information content (AvgIpc) is 2.67. The summed E-state index contributed by atoms with van der Waals surface area (Å²) in [6.07, 6.45) is 11.2. The van der Waals surface area contributed by atoms with E-state index in [0.717, 1.165) is 18.3 Å². The van der Waals surface area contributed by atoms with Crippen LogP contribution in [0.4, 0.5) is 5.82 Å². The van der Waals surface area contributed by atoms with Gasteiger partial charge in [0, 0.05) is 35.9 Å². The van der Waals surface area contributed by atoms with Crippen LogP contribution in [-0.4, -0.2) is 39.1 Å². The zero-order valence-corrected chi connectivity index (χ0v) is 19.6. The Kier molecular flexibility index (Phi) is 5.37. The number of piperidine rings is 1. The third-order valence-electron chi connectivity index (χ3n) is 7.83. The summed E-state index contributed by atoms with van der Waals surface area (Å²) < 4.78 is 0.290. The molecule has 6 rings (SSSR count). The number of rotatable bonds is 4. The molecule has 2 unspecified atom stereocenters. The SMILES string of the molecule is O=C(Nc1ccc(Cl)cn1)C1CCN(C(=O)CC23CC4CC(CC(Br)(C4)C2)C3)CC1. The topological polar surface area (TPSA) is 62.3 Å². The van der Waals surface area contributed by atoms with Crippen LogP contribution < -0.4 is 5.32 Å². The molecule has 5 nitrogen and oxygen atoms in total. The fourth-order valence-corrected chi connectivity index (χ4v) is 8.67. The van der Waals surface area contributed by atoms with Crippen LogP contribution in [0, 0.1) is 23.2 Å². The van der Waals surface area contributed by atoms with Crippen molar-refractivity contribution in [1.29, 1.82) is 0 Å². The Bertz CT molecular complexity index is 823. The predicted octanol–water partition coefficient (Wildman–Crippen LogP) is 5.04. The van der Waals surface area contributed by atoms with E-state index >= 15 is 0 Å². The van der Waals surface area contributed by atoms with Crippen LogP contribution in [0.25, 0.3) is 0 Å². The summed E-state index contributed by atoms with van der Waals surface area (Å²) in [4.78, 5) is 31.9. The van der Waals surface area contributed by atoms with Gasteiger partial charge < -0.3 is 10.2 Å². The largest absolute Gasteiger partial charge is 0.343 e. The van der Waals surface area contributed by atoms with Gasteiger partial charge in [-0.2, -0.15) is 0 Å². The van der Waals surface area contributed by atoms with E-state index in [9.17, 15) is 9.59 Å². The summed E-state index contributed by atoms with van der Waals surface area (Å²) in [7, 11) is 0. The molecule has 1 aliphatic heterocycles. The van der Waals surface area contributed by atoms with Gasteiger partial charge in [0.15, 0.2) is 0 Å². The third kappa shape index (κ3) is 4.14. The lowest BCUT2D eigenvalue weighted by atomic mass is 9.48. The van der Waals surface area contributed by atoms with E-state index < -0.39 is 0 Å². The Morgan fingerprint density at radius 1 is 1.17 bits per heavy atom. The van der Waals surface area contributed by atoms with E-state index in [1.165, 1.54) is 38.3 Å². The molecule has 4 bridgehead atoms. The van der Waals surface area contributed by atoms with E-state index in [1.807, 2.05) is 4.90 Å². The molecule has 2 amide bonds. The van der Waals surface area contributed by atoms with Crippen molar-refractivity contribution in [1.82, 2.24) is 9.88 Å². The Morgan fingerprint density at radius 3 is 2.47 bits per heavy atom. The fraction of sp³-hybridized carbons (Fsp3) is 0.696. The standard InChI is InChI=1S/C23H29BrClN3O2/c24-23-10-15-7-16(11-23)9-22(8-15,14-23)12-20(29)28-5-3-17(4-6-28)21(30)27-19-2-1-18(25)13-26-19/h1-2,13,15-17H,3-12,14H2,(H,26,27,30). The van der Waals surface area contributed by atoms with Crippen molar-refractivity contribution in [3.8, 4) is 0 Å². The number of hydrogen-bond donors (Lipinski definition) is 1. The average molecular weight is 495 g/mol. The molecule has 5 aliphatic rings. The minimum absolute atomic E-state index is 0.0146. The molecule has 30 heavy (non-hydrogen) atoms. The summed E-state index contributed by atoms with van der Waals surface area (Å²) in [5.41, 5.74) is 0.207. The second kappa shape index (κ2) is 7.77. The summed E-state index contributed by atoms with van der Waals surface area (Å²) in [5.74, 6) is 2.33. The number of halogens is 2. The van der Waals surface area contributed by atoms with Crippen molar-refractivity contribution in [2.75, 3.05) is 18.4 Å². The Balaban J connectivity index is 1.15. The molecular formula is C23H29BrClN3O2. The molecule has 0 aromatic carbocycles. The maximum atomic E-state index is 13.2. The van der Waals surface area contributed by atoms with Crippen LogP contribution in [0.2, 0.25) is 5.02 Å². The molecule has 0 radical (unpaired) electrons. The first-order valence-corrected chi connectivity index (χ1v) is 12.4. The van der Waals surface area contributed by atoms with Crippen molar-refractivity contribution in [2.45, 2.75) is 62.1 Å². The van der Waals surface area contributed by atoms with Crippen LogP contribution >= 0.6 is 27.5 Å². The highest BCUT2D eigenvalue weighted by molar-refractivity contribution is 9.10. The number of aromatic nitrogens is 1. The van der Waals surface area contributed by atoms with Gasteiger partial charge >= 0.3 is 0 Å². The highest BCUT2D eigenvalue weighted by Crippen LogP contribution is 2.65. The summed E-state index contributed by atoms with van der Waals surface area (Å²) in [6.45, 7) is 1.35. The highest BCUT2D eigenvalue weighted by Gasteiger charge is 2.57. The van der Waals surface area contributed by atoms with Crippen molar-refractivity contribution >= 4 is 45.2 Å². The van der Waals surface area contributed by atoms with Crippen LogP contribution in [0.5, 0.6) is 0 Å². The molecule has 0 spiro atoms. The van der Waals surface area contributed by atoms with Gasteiger partial charge in [-0.15, -0.1) is 0 Å². The van der Waals surface area contributed by atoms with E-state index in [-0.39, 0.29) is 21.6 Å². The van der Waals surface area contributed by atoms with Crippen LogP contribution in [0.1, 0.15) is 57.8 Å². The minimum Gasteiger partial charge on any atom is -0.343 e. The predicted molar refractivity (Wildman–Crippen MR) is 121 cm³/mol. The van der Waals surface area contributed by atoms with E-state index in [4.69, 9.17) is 11.6 Å². The van der Waals surface area contributed by atoms with Crippen LogP contribution in [0.15, 0.2) is 18.3 Å². The lowest BCUT2D eigenvalue weighted by molar-refractivity contribution is -0.141. The normalized spacial score (nSPS) is 35.5. The molecule has 1 aromatic rings. The molecule has 1 aromatic heterocycles. The summed E-state index contributed by atoms with van der Waals surface area (Å²) in [6, 6.07) is 3.42. The maximum Gasteiger partial charge on any atom is 0.228 e. The summed E-state index contributed by atoms with van der Waals surface area (Å²) in [5, 5.41) is 3.42. The van der Waals surface area contributed by atoms with Gasteiger partial charge in [0.1, 0.15) is 5.82 Å².